The summed E-state index contributed by atoms with van der Waals surface area (Å²) in [7, 11) is 0. The summed E-state index contributed by atoms with van der Waals surface area (Å²) in [6, 6.07) is 9.88. The Balaban J connectivity index is 2.13. The molecule has 1 heterocycles. The van der Waals surface area contributed by atoms with E-state index >= 15 is 0 Å². The standard InChI is InChI=1S/C13H14O2/c1-10-4-2-3-5-11(10)8-13(14)12-6-7-15-9-12/h2-7,9,13-14H,8H2,1H3. The Hall–Kier alpha value is -1.54. The normalized spacial score (nSPS) is 12.7. The summed E-state index contributed by atoms with van der Waals surface area (Å²) >= 11 is 0. The van der Waals surface area contributed by atoms with Gasteiger partial charge in [-0.3, -0.25) is 0 Å². The third kappa shape index (κ3) is 2.28. The van der Waals surface area contributed by atoms with Gasteiger partial charge in [0.05, 0.1) is 18.6 Å². The third-order valence-electron chi connectivity index (χ3n) is 2.60. The summed E-state index contributed by atoms with van der Waals surface area (Å²) in [6.45, 7) is 2.05. The highest BCUT2D eigenvalue weighted by molar-refractivity contribution is 5.27. The molecule has 0 fully saturated rings. The van der Waals surface area contributed by atoms with Crippen LogP contribution in [0.15, 0.2) is 47.3 Å². The summed E-state index contributed by atoms with van der Waals surface area (Å²) in [6.07, 6.45) is 3.32. The average molecular weight is 202 g/mol. The molecule has 0 amide bonds. The van der Waals surface area contributed by atoms with Crippen LogP contribution >= 0.6 is 0 Å². The zero-order valence-electron chi connectivity index (χ0n) is 8.68. The van der Waals surface area contributed by atoms with Crippen LogP contribution in [0.1, 0.15) is 22.8 Å². The van der Waals surface area contributed by atoms with E-state index in [2.05, 4.69) is 13.0 Å². The molecule has 1 atom stereocenters. The molecule has 1 aromatic heterocycles. The van der Waals surface area contributed by atoms with Crippen molar-refractivity contribution in [2.24, 2.45) is 0 Å². The fourth-order valence-electron chi connectivity index (χ4n) is 1.63. The molecular weight excluding hydrogens is 188 g/mol. The minimum atomic E-state index is -0.482. The molecule has 0 bridgehead atoms. The number of hydrogen-bond acceptors (Lipinski definition) is 2. The van der Waals surface area contributed by atoms with Crippen LogP contribution in [-0.2, 0) is 6.42 Å². The fourth-order valence-corrected chi connectivity index (χ4v) is 1.63. The maximum absolute atomic E-state index is 9.93. The molecular formula is C13H14O2. The average Bonchev–Trinajstić information content (AvgIpc) is 2.74. The molecule has 2 heteroatoms. The highest BCUT2D eigenvalue weighted by Gasteiger charge is 2.10. The molecule has 2 rings (SSSR count). The van der Waals surface area contributed by atoms with E-state index < -0.39 is 6.10 Å². The van der Waals surface area contributed by atoms with Crippen molar-refractivity contribution in [1.29, 1.82) is 0 Å². The zero-order valence-corrected chi connectivity index (χ0v) is 8.68. The molecule has 0 radical (unpaired) electrons. The van der Waals surface area contributed by atoms with Crippen molar-refractivity contribution in [3.63, 3.8) is 0 Å². The van der Waals surface area contributed by atoms with Crippen LogP contribution in [0.5, 0.6) is 0 Å². The lowest BCUT2D eigenvalue weighted by Crippen LogP contribution is -2.01. The number of rotatable bonds is 3. The van der Waals surface area contributed by atoms with Gasteiger partial charge in [-0.2, -0.15) is 0 Å². The third-order valence-corrected chi connectivity index (χ3v) is 2.60. The van der Waals surface area contributed by atoms with Crippen molar-refractivity contribution in [2.75, 3.05) is 0 Å². The van der Waals surface area contributed by atoms with Gasteiger partial charge < -0.3 is 9.52 Å². The minimum Gasteiger partial charge on any atom is -0.472 e. The van der Waals surface area contributed by atoms with Crippen LogP contribution in [0, 0.1) is 6.92 Å². The molecule has 0 saturated heterocycles. The molecule has 15 heavy (non-hydrogen) atoms. The Bertz CT molecular complexity index is 418. The topological polar surface area (TPSA) is 33.4 Å². The summed E-state index contributed by atoms with van der Waals surface area (Å²) in [4.78, 5) is 0. The van der Waals surface area contributed by atoms with E-state index in [1.807, 2.05) is 18.2 Å². The molecule has 0 spiro atoms. The van der Waals surface area contributed by atoms with E-state index in [4.69, 9.17) is 4.42 Å². The van der Waals surface area contributed by atoms with Gasteiger partial charge in [0.2, 0.25) is 0 Å². The smallest absolute Gasteiger partial charge is 0.0960 e. The number of aryl methyl sites for hydroxylation is 1. The first-order valence-corrected chi connectivity index (χ1v) is 5.02. The Morgan fingerprint density at radius 1 is 1.27 bits per heavy atom. The monoisotopic (exact) mass is 202 g/mol. The summed E-state index contributed by atoms with van der Waals surface area (Å²) < 4.78 is 4.94. The highest BCUT2D eigenvalue weighted by atomic mass is 16.3. The Morgan fingerprint density at radius 2 is 2.07 bits per heavy atom. The van der Waals surface area contributed by atoms with Crippen LogP contribution in [0.3, 0.4) is 0 Å². The van der Waals surface area contributed by atoms with E-state index in [-0.39, 0.29) is 0 Å². The molecule has 78 valence electrons. The number of aliphatic hydroxyl groups excluding tert-OH is 1. The van der Waals surface area contributed by atoms with Crippen molar-refractivity contribution < 1.29 is 9.52 Å². The minimum absolute atomic E-state index is 0.482. The molecule has 0 aliphatic heterocycles. The first-order valence-electron chi connectivity index (χ1n) is 5.02. The quantitative estimate of drug-likeness (QED) is 0.830. The number of hydrogen-bond donors (Lipinski definition) is 1. The molecule has 1 unspecified atom stereocenters. The largest absolute Gasteiger partial charge is 0.472 e. The van der Waals surface area contributed by atoms with E-state index in [0.29, 0.717) is 6.42 Å². The van der Waals surface area contributed by atoms with Gasteiger partial charge in [0, 0.05) is 12.0 Å². The van der Waals surface area contributed by atoms with Crippen molar-refractivity contribution >= 4 is 0 Å². The van der Waals surface area contributed by atoms with E-state index in [1.165, 1.54) is 11.1 Å². The van der Waals surface area contributed by atoms with Gasteiger partial charge in [0.25, 0.3) is 0 Å². The lowest BCUT2D eigenvalue weighted by Gasteiger charge is -2.10. The number of aliphatic hydroxyl groups is 1. The molecule has 1 aromatic carbocycles. The fraction of sp³-hybridized carbons (Fsp3) is 0.231. The molecule has 0 aliphatic carbocycles. The summed E-state index contributed by atoms with van der Waals surface area (Å²) in [5, 5.41) is 9.93. The molecule has 2 aromatic rings. The SMILES string of the molecule is Cc1ccccc1CC(O)c1ccoc1. The van der Waals surface area contributed by atoms with Gasteiger partial charge in [-0.15, -0.1) is 0 Å². The predicted octanol–water partition coefficient (Wildman–Crippen LogP) is 2.86. The summed E-state index contributed by atoms with van der Waals surface area (Å²) in [5.74, 6) is 0. The van der Waals surface area contributed by atoms with E-state index in [1.54, 1.807) is 18.6 Å². The Kier molecular flexibility index (Phi) is 2.88. The lowest BCUT2D eigenvalue weighted by molar-refractivity contribution is 0.177. The highest BCUT2D eigenvalue weighted by Crippen LogP contribution is 2.20. The van der Waals surface area contributed by atoms with E-state index in [9.17, 15) is 5.11 Å². The summed E-state index contributed by atoms with van der Waals surface area (Å²) in [5.41, 5.74) is 3.21. The van der Waals surface area contributed by atoms with E-state index in [0.717, 1.165) is 5.56 Å². The first-order chi connectivity index (χ1) is 7.27. The van der Waals surface area contributed by atoms with Gasteiger partial charge in [-0.1, -0.05) is 24.3 Å². The van der Waals surface area contributed by atoms with Crippen molar-refractivity contribution in [3.05, 3.63) is 59.5 Å². The van der Waals surface area contributed by atoms with Gasteiger partial charge in [-0.25, -0.2) is 0 Å². The maximum Gasteiger partial charge on any atom is 0.0960 e. The Labute approximate surface area is 89.2 Å². The van der Waals surface area contributed by atoms with Gasteiger partial charge >= 0.3 is 0 Å². The van der Waals surface area contributed by atoms with Crippen LogP contribution in [0.2, 0.25) is 0 Å². The van der Waals surface area contributed by atoms with Crippen molar-refractivity contribution in [1.82, 2.24) is 0 Å². The van der Waals surface area contributed by atoms with Crippen molar-refractivity contribution in [2.45, 2.75) is 19.4 Å². The zero-order chi connectivity index (χ0) is 10.7. The Morgan fingerprint density at radius 3 is 2.73 bits per heavy atom. The maximum atomic E-state index is 9.93. The van der Waals surface area contributed by atoms with Gasteiger partial charge in [-0.05, 0) is 24.1 Å². The first kappa shape index (κ1) is 9.99. The van der Waals surface area contributed by atoms with Gasteiger partial charge in [0.1, 0.15) is 0 Å². The van der Waals surface area contributed by atoms with Crippen LogP contribution in [-0.4, -0.2) is 5.11 Å². The molecule has 1 N–H and O–H groups in total. The van der Waals surface area contributed by atoms with Crippen LogP contribution in [0.4, 0.5) is 0 Å². The molecule has 2 nitrogen and oxygen atoms in total. The second-order valence-corrected chi connectivity index (χ2v) is 3.70. The van der Waals surface area contributed by atoms with Crippen LogP contribution < -0.4 is 0 Å². The molecule has 0 aliphatic rings. The second kappa shape index (κ2) is 4.32. The van der Waals surface area contributed by atoms with Crippen molar-refractivity contribution in [3.8, 4) is 0 Å². The number of furan rings is 1. The van der Waals surface area contributed by atoms with Crippen LogP contribution in [0.25, 0.3) is 0 Å². The van der Waals surface area contributed by atoms with Gasteiger partial charge in [0.15, 0.2) is 0 Å². The lowest BCUT2D eigenvalue weighted by atomic mass is 10.00. The number of benzene rings is 1. The molecule has 0 saturated carbocycles. The predicted molar refractivity (Wildman–Crippen MR) is 58.6 cm³/mol. The second-order valence-electron chi connectivity index (χ2n) is 3.70.